The molecule has 2 aromatic carbocycles. The third kappa shape index (κ3) is 7.26. The van der Waals surface area contributed by atoms with Crippen molar-refractivity contribution in [3.05, 3.63) is 127 Å². The van der Waals surface area contributed by atoms with Crippen molar-refractivity contribution in [2.45, 2.75) is 0 Å². The monoisotopic (exact) mass is 667 g/mol. The molecule has 6 aromatic rings. The van der Waals surface area contributed by atoms with Gasteiger partial charge in [0, 0.05) is 18.0 Å². The van der Waals surface area contributed by atoms with Crippen LogP contribution in [0.3, 0.4) is 0 Å². The van der Waals surface area contributed by atoms with E-state index in [2.05, 4.69) is 68.2 Å². The normalized spacial score (nSPS) is 9.90. The van der Waals surface area contributed by atoms with Crippen molar-refractivity contribution in [1.82, 2.24) is 29.9 Å². The number of hydrogen-bond acceptors (Lipinski definition) is 9. The van der Waals surface area contributed by atoms with Gasteiger partial charge in [0.2, 0.25) is 0 Å². The number of nitrogens with zero attached hydrogens (tertiary/aromatic N) is 6. The Balaban J connectivity index is 0.000000159. The Morgan fingerprint density at radius 3 is 2.12 bits per heavy atom. The summed E-state index contributed by atoms with van der Waals surface area (Å²) in [4.78, 5) is 51.8. The van der Waals surface area contributed by atoms with Gasteiger partial charge in [0.1, 0.15) is 3.70 Å². The number of H-pyrrole nitrogens is 2. The molecule has 0 fully saturated rings. The van der Waals surface area contributed by atoms with Crippen molar-refractivity contribution in [2.75, 3.05) is 0 Å². The van der Waals surface area contributed by atoms with Crippen molar-refractivity contribution in [3.8, 4) is 17.3 Å². The van der Waals surface area contributed by atoms with Crippen LogP contribution >= 0.6 is 22.6 Å². The lowest BCUT2D eigenvalue weighted by atomic mass is 9.85. The Hall–Kier alpha value is -5.29. The number of nitriles is 1. The number of nitrogens with one attached hydrogen (secondary N) is 2. The summed E-state index contributed by atoms with van der Waals surface area (Å²) >= 11 is 2.17. The van der Waals surface area contributed by atoms with Crippen molar-refractivity contribution in [3.63, 3.8) is 0 Å². The fourth-order valence-corrected chi connectivity index (χ4v) is 4.13. The second kappa shape index (κ2) is 14.4. The largest absolute Gasteiger partial charge is 0.380 e. The first-order valence-electron chi connectivity index (χ1n) is 11.9. The summed E-state index contributed by atoms with van der Waals surface area (Å²) in [6.07, 6.45) is 6.00. The highest BCUT2D eigenvalue weighted by Crippen LogP contribution is 2.25. The average molecular weight is 667 g/mol. The summed E-state index contributed by atoms with van der Waals surface area (Å²) in [7, 11) is 0.980. The highest BCUT2D eigenvalue weighted by atomic mass is 127. The van der Waals surface area contributed by atoms with E-state index >= 15 is 0 Å². The summed E-state index contributed by atoms with van der Waals surface area (Å²) in [6, 6.07) is 19.5. The van der Waals surface area contributed by atoms with Gasteiger partial charge in [0.25, 0.3) is 11.1 Å². The number of halogens is 1. The minimum Gasteiger partial charge on any atom is -0.313 e. The SMILES string of the molecule is Ic1ccccn1.N#Cc1cc(-c2ccccn2)c2c(=O)[nH]cnc2c1.[C-]#[N+]c1cc([B]OO)c2c(=O)[nH]cnc2c1. The highest BCUT2D eigenvalue weighted by molar-refractivity contribution is 14.1. The maximum atomic E-state index is 12.0. The van der Waals surface area contributed by atoms with Crippen LogP contribution < -0.4 is 16.6 Å². The molecule has 4 heterocycles. The van der Waals surface area contributed by atoms with Crippen LogP contribution in [0, 0.1) is 21.6 Å². The predicted molar refractivity (Wildman–Crippen MR) is 165 cm³/mol. The van der Waals surface area contributed by atoms with Crippen LogP contribution in [0.4, 0.5) is 5.69 Å². The van der Waals surface area contributed by atoms with Crippen LogP contribution in [0.2, 0.25) is 0 Å². The summed E-state index contributed by atoms with van der Waals surface area (Å²) in [5.74, 6) is 0. The number of fused-ring (bicyclic) bond motifs is 2. The van der Waals surface area contributed by atoms with E-state index in [4.69, 9.17) is 17.1 Å². The number of aromatic nitrogens is 6. The van der Waals surface area contributed by atoms with Gasteiger partial charge in [-0.05, 0) is 70.5 Å². The first-order chi connectivity index (χ1) is 20.4. The molecule has 0 saturated carbocycles. The van der Waals surface area contributed by atoms with E-state index in [1.54, 1.807) is 36.7 Å². The second-order valence-corrected chi connectivity index (χ2v) is 9.23. The van der Waals surface area contributed by atoms with E-state index in [0.29, 0.717) is 44.4 Å². The molecular weight excluding hydrogens is 650 g/mol. The highest BCUT2D eigenvalue weighted by Gasteiger charge is 2.12. The van der Waals surface area contributed by atoms with Gasteiger partial charge in [0.05, 0.1) is 58.4 Å². The molecule has 0 spiro atoms. The van der Waals surface area contributed by atoms with Crippen molar-refractivity contribution < 1.29 is 10.1 Å². The molecular formula is C28H17BIN8O4. The van der Waals surface area contributed by atoms with Crippen LogP contribution in [0.5, 0.6) is 0 Å². The van der Waals surface area contributed by atoms with Gasteiger partial charge in [-0.25, -0.2) is 14.8 Å². The van der Waals surface area contributed by atoms with E-state index in [0.717, 1.165) is 11.2 Å². The Morgan fingerprint density at radius 1 is 0.905 bits per heavy atom. The van der Waals surface area contributed by atoms with Gasteiger partial charge < -0.3 is 14.8 Å². The molecule has 42 heavy (non-hydrogen) atoms. The number of hydrogen-bond donors (Lipinski definition) is 3. The summed E-state index contributed by atoms with van der Waals surface area (Å²) in [5.41, 5.74) is 2.59. The Bertz CT molecular complexity index is 2040. The van der Waals surface area contributed by atoms with Crippen LogP contribution in [-0.2, 0) is 4.81 Å². The third-order valence-corrected chi connectivity index (χ3v) is 6.15. The molecule has 0 aliphatic carbocycles. The minimum absolute atomic E-state index is 0.241. The fourth-order valence-electron chi connectivity index (χ4n) is 3.76. The van der Waals surface area contributed by atoms with E-state index in [1.807, 2.05) is 24.3 Å². The molecule has 1 radical (unpaired) electrons. The molecule has 0 bridgehead atoms. The summed E-state index contributed by atoms with van der Waals surface area (Å²) in [5, 5.41) is 18.1. The maximum absolute atomic E-state index is 12.0. The molecule has 6 rings (SSSR count). The van der Waals surface area contributed by atoms with Crippen molar-refractivity contribution in [1.29, 1.82) is 5.26 Å². The van der Waals surface area contributed by atoms with Crippen LogP contribution in [-0.4, -0.2) is 42.6 Å². The predicted octanol–water partition coefficient (Wildman–Crippen LogP) is 3.75. The van der Waals surface area contributed by atoms with E-state index in [-0.39, 0.29) is 16.5 Å². The zero-order valence-electron chi connectivity index (χ0n) is 21.4. The molecule has 0 unspecified atom stereocenters. The molecule has 0 atom stereocenters. The molecule has 0 aliphatic rings. The van der Waals surface area contributed by atoms with Gasteiger partial charge >= 0.3 is 7.48 Å². The zero-order chi connectivity index (χ0) is 29.9. The van der Waals surface area contributed by atoms with Crippen molar-refractivity contribution >= 4 is 63.0 Å². The van der Waals surface area contributed by atoms with E-state index in [9.17, 15) is 9.59 Å². The fraction of sp³-hybridized carbons (Fsp3) is 0. The van der Waals surface area contributed by atoms with Gasteiger partial charge in [-0.1, -0.05) is 18.2 Å². The Labute approximate surface area is 251 Å². The van der Waals surface area contributed by atoms with Gasteiger partial charge in [-0.2, -0.15) is 5.26 Å². The lowest BCUT2D eigenvalue weighted by Crippen LogP contribution is -2.23. The van der Waals surface area contributed by atoms with Crippen molar-refractivity contribution in [2.24, 2.45) is 0 Å². The number of aromatic amines is 2. The Morgan fingerprint density at radius 2 is 1.57 bits per heavy atom. The maximum Gasteiger partial charge on any atom is 0.380 e. The van der Waals surface area contributed by atoms with E-state index < -0.39 is 0 Å². The topological polar surface area (TPSA) is 175 Å². The number of pyridine rings is 2. The Kier molecular flexibility index (Phi) is 10.2. The van der Waals surface area contributed by atoms with Gasteiger partial charge in [0.15, 0.2) is 5.69 Å². The molecule has 0 amide bonds. The molecule has 0 aliphatic heterocycles. The standard InChI is InChI=1S/C14H8N4O.C9H5BN3O3.C5H4IN/c15-7-9-5-10(11-3-1-2-4-16-11)13-12(6-9)17-8-18-14(13)19;1-11-5-2-6(10-16-15)8-7(3-5)12-4-13-9(8)14;6-5-3-1-2-4-7-5/h1-6,8H,(H,17,18,19);2-4,15H,(H,12,13,14);1-4H. The first kappa shape index (κ1) is 29.7. The third-order valence-electron chi connectivity index (χ3n) is 5.51. The van der Waals surface area contributed by atoms with Crippen LogP contribution in [0.1, 0.15) is 5.56 Å². The smallest absolute Gasteiger partial charge is 0.313 e. The zero-order valence-corrected chi connectivity index (χ0v) is 23.6. The summed E-state index contributed by atoms with van der Waals surface area (Å²) < 4.78 is 1.04. The molecule has 3 N–H and O–H groups in total. The molecule has 14 heteroatoms. The first-order valence-corrected chi connectivity index (χ1v) is 12.9. The quantitative estimate of drug-likeness (QED) is 0.0634. The molecule has 0 saturated heterocycles. The van der Waals surface area contributed by atoms with Crippen LogP contribution in [0.25, 0.3) is 37.9 Å². The average Bonchev–Trinajstić information content (AvgIpc) is 3.02. The summed E-state index contributed by atoms with van der Waals surface area (Å²) in [6.45, 7) is 6.90. The van der Waals surface area contributed by atoms with Gasteiger partial charge in [-0.3, -0.25) is 24.8 Å². The number of rotatable bonds is 3. The minimum atomic E-state index is -0.357. The number of benzene rings is 2. The van der Waals surface area contributed by atoms with Crippen LogP contribution in [0.15, 0.2) is 95.3 Å². The lowest BCUT2D eigenvalue weighted by molar-refractivity contribution is -0.135. The molecule has 4 aromatic heterocycles. The van der Waals surface area contributed by atoms with E-state index in [1.165, 1.54) is 24.8 Å². The molecule has 12 nitrogen and oxygen atoms in total. The lowest BCUT2D eigenvalue weighted by Gasteiger charge is -2.05. The second-order valence-electron chi connectivity index (χ2n) is 8.12. The molecule has 203 valence electrons. The van der Waals surface area contributed by atoms with Gasteiger partial charge in [-0.15, -0.1) is 0 Å².